The Labute approximate surface area is 116 Å². The summed E-state index contributed by atoms with van der Waals surface area (Å²) in [4.78, 5) is 14.9. The number of anilines is 1. The van der Waals surface area contributed by atoms with Crippen LogP contribution in [0, 0.1) is 17.0 Å². The number of non-ortho nitro benzene ring substituents is 1. The van der Waals surface area contributed by atoms with Crippen LogP contribution in [0.3, 0.4) is 0 Å². The number of hydrogen-bond acceptors (Lipinski definition) is 5. The minimum Gasteiger partial charge on any atom is -0.383 e. The fourth-order valence-corrected chi connectivity index (χ4v) is 2.14. The molecule has 1 aromatic heterocycles. The Morgan fingerprint density at radius 3 is 2.85 bits per heavy atom. The predicted octanol–water partition coefficient (Wildman–Crippen LogP) is 2.90. The van der Waals surface area contributed by atoms with Crippen molar-refractivity contribution in [1.82, 2.24) is 4.98 Å². The van der Waals surface area contributed by atoms with Crippen molar-refractivity contribution >= 4 is 22.3 Å². The molecule has 1 unspecified atom stereocenters. The Bertz CT molecular complexity index is 643. The first-order valence-corrected chi connectivity index (χ1v) is 6.32. The Hall–Kier alpha value is -2.21. The van der Waals surface area contributed by atoms with E-state index in [1.54, 1.807) is 19.2 Å². The first-order valence-electron chi connectivity index (χ1n) is 6.32. The van der Waals surface area contributed by atoms with Gasteiger partial charge in [-0.15, -0.1) is 0 Å². The largest absolute Gasteiger partial charge is 0.383 e. The van der Waals surface area contributed by atoms with E-state index in [0.29, 0.717) is 6.61 Å². The van der Waals surface area contributed by atoms with Gasteiger partial charge in [0, 0.05) is 42.1 Å². The summed E-state index contributed by atoms with van der Waals surface area (Å²) in [6.07, 6.45) is 0. The lowest BCUT2D eigenvalue weighted by atomic mass is 10.1. The van der Waals surface area contributed by atoms with Crippen LogP contribution >= 0.6 is 0 Å². The number of nitrogens with one attached hydrogen (secondary N) is 1. The fourth-order valence-electron chi connectivity index (χ4n) is 2.14. The van der Waals surface area contributed by atoms with Crippen molar-refractivity contribution < 1.29 is 9.66 Å². The topological polar surface area (TPSA) is 77.3 Å². The molecule has 1 aromatic carbocycles. The van der Waals surface area contributed by atoms with Crippen LogP contribution in [-0.4, -0.2) is 29.7 Å². The van der Waals surface area contributed by atoms with Crippen LogP contribution in [0.5, 0.6) is 0 Å². The molecule has 0 spiro atoms. The van der Waals surface area contributed by atoms with E-state index in [2.05, 4.69) is 10.3 Å². The SMILES string of the molecule is COCC(C)Nc1cc(C)nc2ccc([N+](=O)[O-])cc12. The smallest absolute Gasteiger partial charge is 0.270 e. The summed E-state index contributed by atoms with van der Waals surface area (Å²) in [5.74, 6) is 0. The van der Waals surface area contributed by atoms with Gasteiger partial charge in [-0.05, 0) is 26.0 Å². The number of ether oxygens (including phenoxy) is 1. The van der Waals surface area contributed by atoms with Gasteiger partial charge in [0.05, 0.1) is 17.0 Å². The average Bonchev–Trinajstić information content (AvgIpc) is 2.38. The molecule has 2 aromatic rings. The minimum absolute atomic E-state index is 0.0607. The lowest BCUT2D eigenvalue weighted by molar-refractivity contribution is -0.384. The maximum absolute atomic E-state index is 10.9. The molecule has 0 aliphatic rings. The molecule has 1 N–H and O–H groups in total. The van der Waals surface area contributed by atoms with Gasteiger partial charge in [0.2, 0.25) is 0 Å². The van der Waals surface area contributed by atoms with Crippen LogP contribution in [0.1, 0.15) is 12.6 Å². The van der Waals surface area contributed by atoms with Crippen molar-refractivity contribution in [1.29, 1.82) is 0 Å². The molecule has 6 heteroatoms. The Morgan fingerprint density at radius 1 is 1.45 bits per heavy atom. The average molecular weight is 275 g/mol. The zero-order valence-electron chi connectivity index (χ0n) is 11.7. The summed E-state index contributed by atoms with van der Waals surface area (Å²) < 4.78 is 5.09. The number of pyridine rings is 1. The first kappa shape index (κ1) is 14.2. The molecule has 0 fully saturated rings. The van der Waals surface area contributed by atoms with Crippen LogP contribution in [0.4, 0.5) is 11.4 Å². The number of methoxy groups -OCH3 is 1. The third kappa shape index (κ3) is 3.03. The number of rotatable bonds is 5. The van der Waals surface area contributed by atoms with E-state index in [-0.39, 0.29) is 11.7 Å². The van der Waals surface area contributed by atoms with Crippen molar-refractivity contribution in [3.8, 4) is 0 Å². The van der Waals surface area contributed by atoms with E-state index in [0.717, 1.165) is 22.3 Å². The second-order valence-electron chi connectivity index (χ2n) is 4.77. The normalized spacial score (nSPS) is 12.3. The van der Waals surface area contributed by atoms with Crippen LogP contribution in [0.15, 0.2) is 24.3 Å². The Morgan fingerprint density at radius 2 is 2.20 bits per heavy atom. The van der Waals surface area contributed by atoms with E-state index in [1.165, 1.54) is 6.07 Å². The number of hydrogen-bond donors (Lipinski definition) is 1. The van der Waals surface area contributed by atoms with Gasteiger partial charge in [0.25, 0.3) is 5.69 Å². The number of nitro groups is 1. The second-order valence-corrected chi connectivity index (χ2v) is 4.77. The molecule has 20 heavy (non-hydrogen) atoms. The highest BCUT2D eigenvalue weighted by molar-refractivity contribution is 5.93. The van der Waals surface area contributed by atoms with Crippen LogP contribution in [-0.2, 0) is 4.74 Å². The van der Waals surface area contributed by atoms with Crippen LogP contribution in [0.25, 0.3) is 10.9 Å². The highest BCUT2D eigenvalue weighted by Gasteiger charge is 2.12. The van der Waals surface area contributed by atoms with Crippen LogP contribution in [0.2, 0.25) is 0 Å². The quantitative estimate of drug-likeness (QED) is 0.670. The molecular formula is C14H17N3O3. The van der Waals surface area contributed by atoms with Crippen molar-refractivity contribution in [2.24, 2.45) is 0 Å². The molecule has 6 nitrogen and oxygen atoms in total. The van der Waals surface area contributed by atoms with Gasteiger partial charge in [-0.25, -0.2) is 0 Å². The van der Waals surface area contributed by atoms with E-state index in [9.17, 15) is 10.1 Å². The molecule has 0 bridgehead atoms. The van der Waals surface area contributed by atoms with Crippen molar-refractivity contribution in [3.05, 3.63) is 40.1 Å². The fraction of sp³-hybridized carbons (Fsp3) is 0.357. The number of nitro benzene ring substituents is 1. The molecule has 0 amide bonds. The number of benzene rings is 1. The number of aromatic nitrogens is 1. The summed E-state index contributed by atoms with van der Waals surface area (Å²) in [5.41, 5.74) is 2.49. The van der Waals surface area contributed by atoms with E-state index >= 15 is 0 Å². The number of fused-ring (bicyclic) bond motifs is 1. The highest BCUT2D eigenvalue weighted by Crippen LogP contribution is 2.27. The summed E-state index contributed by atoms with van der Waals surface area (Å²) in [5, 5.41) is 14.9. The minimum atomic E-state index is -0.401. The van der Waals surface area contributed by atoms with Crippen LogP contribution < -0.4 is 5.32 Å². The Balaban J connectivity index is 2.50. The lowest BCUT2D eigenvalue weighted by Gasteiger charge is -2.16. The summed E-state index contributed by atoms with van der Waals surface area (Å²) in [6, 6.07) is 6.68. The number of nitrogens with zero attached hydrogens (tertiary/aromatic N) is 2. The Kier molecular flexibility index (Phi) is 4.14. The lowest BCUT2D eigenvalue weighted by Crippen LogP contribution is -2.21. The van der Waals surface area contributed by atoms with Gasteiger partial charge in [0.15, 0.2) is 0 Å². The molecule has 1 heterocycles. The van der Waals surface area contributed by atoms with Crippen molar-refractivity contribution in [2.45, 2.75) is 19.9 Å². The van der Waals surface area contributed by atoms with Crippen molar-refractivity contribution in [3.63, 3.8) is 0 Å². The predicted molar refractivity (Wildman–Crippen MR) is 78.1 cm³/mol. The zero-order valence-corrected chi connectivity index (χ0v) is 11.7. The van der Waals surface area contributed by atoms with Crippen molar-refractivity contribution in [2.75, 3.05) is 19.0 Å². The van der Waals surface area contributed by atoms with Gasteiger partial charge in [-0.3, -0.25) is 15.1 Å². The molecule has 106 valence electrons. The van der Waals surface area contributed by atoms with E-state index in [1.807, 2.05) is 19.9 Å². The molecule has 0 aliphatic carbocycles. The monoisotopic (exact) mass is 275 g/mol. The summed E-state index contributed by atoms with van der Waals surface area (Å²) >= 11 is 0. The zero-order chi connectivity index (χ0) is 14.7. The summed E-state index contributed by atoms with van der Waals surface area (Å²) in [6.45, 7) is 4.44. The van der Waals surface area contributed by atoms with E-state index < -0.39 is 4.92 Å². The molecule has 0 saturated heterocycles. The second kappa shape index (κ2) is 5.83. The standard InChI is InChI=1S/C14H17N3O3/c1-9-6-14(16-10(2)8-20-3)12-7-11(17(18)19)4-5-13(12)15-9/h4-7,10H,8H2,1-3H3,(H,15,16). The molecule has 0 radical (unpaired) electrons. The van der Waals surface area contributed by atoms with Gasteiger partial charge in [-0.1, -0.05) is 0 Å². The maximum atomic E-state index is 10.9. The van der Waals surface area contributed by atoms with E-state index in [4.69, 9.17) is 4.74 Å². The van der Waals surface area contributed by atoms with Gasteiger partial charge >= 0.3 is 0 Å². The molecule has 1 atom stereocenters. The third-order valence-corrected chi connectivity index (χ3v) is 2.95. The van der Waals surface area contributed by atoms with Gasteiger partial charge < -0.3 is 10.1 Å². The highest BCUT2D eigenvalue weighted by atomic mass is 16.6. The molecule has 2 rings (SSSR count). The van der Waals surface area contributed by atoms with Gasteiger partial charge in [0.1, 0.15) is 0 Å². The third-order valence-electron chi connectivity index (χ3n) is 2.95. The first-order chi connectivity index (χ1) is 9.51. The maximum Gasteiger partial charge on any atom is 0.270 e. The summed E-state index contributed by atoms with van der Waals surface area (Å²) in [7, 11) is 1.64. The molecular weight excluding hydrogens is 258 g/mol. The molecule has 0 saturated carbocycles. The molecule has 0 aliphatic heterocycles. The number of aryl methyl sites for hydroxylation is 1. The van der Waals surface area contributed by atoms with Gasteiger partial charge in [-0.2, -0.15) is 0 Å².